The van der Waals surface area contributed by atoms with Gasteiger partial charge in [0.2, 0.25) is 0 Å². The van der Waals surface area contributed by atoms with E-state index in [1.165, 1.54) is 25.9 Å². The Hall–Kier alpha value is -0.410. The molecule has 2 saturated heterocycles. The van der Waals surface area contributed by atoms with Gasteiger partial charge in [0.05, 0.1) is 0 Å². The Morgan fingerprint density at radius 3 is 2.00 bits per heavy atom. The summed E-state index contributed by atoms with van der Waals surface area (Å²) in [5.74, 6) is 1.40. The second-order valence-corrected chi connectivity index (χ2v) is 6.02. The molecule has 0 radical (unpaired) electrons. The molecule has 0 aromatic rings. The van der Waals surface area contributed by atoms with Crippen LogP contribution in [0.25, 0.3) is 0 Å². The topological polar surface area (TPSA) is 41.1 Å². The minimum atomic E-state index is -0.0139. The molecule has 2 N–H and O–H groups in total. The number of carbonyl (C=O) groups is 1. The Morgan fingerprint density at radius 2 is 1.61 bits per heavy atom. The van der Waals surface area contributed by atoms with Crippen LogP contribution >= 0.6 is 0 Å². The standard InChI is InChI=1S/C9H17NO.C6H13N/c1-3-8(11)9(2)4-6-10-7-5-9;1-6-2-4-7-5-3-6/h10H,3-7H2,1-2H3;6-7H,2-5H2,1H3. The quantitative estimate of drug-likeness (QED) is 0.795. The molecule has 2 rings (SSSR count). The summed E-state index contributed by atoms with van der Waals surface area (Å²) in [6.45, 7) is 10.9. The van der Waals surface area contributed by atoms with Crippen LogP contribution in [0.2, 0.25) is 0 Å². The van der Waals surface area contributed by atoms with Gasteiger partial charge in [0, 0.05) is 11.8 Å². The van der Waals surface area contributed by atoms with E-state index in [2.05, 4.69) is 24.5 Å². The minimum absolute atomic E-state index is 0.0139. The number of rotatable bonds is 2. The third kappa shape index (κ3) is 5.07. The van der Waals surface area contributed by atoms with Crippen molar-refractivity contribution in [3.05, 3.63) is 0 Å². The maximum absolute atomic E-state index is 11.5. The zero-order chi connectivity index (χ0) is 13.4. The SMILES string of the molecule is CC1CCNCC1.CCC(=O)C1(C)CCNCC1. The lowest BCUT2D eigenvalue weighted by Gasteiger charge is -2.32. The predicted octanol–water partition coefficient (Wildman–Crippen LogP) is 2.36. The Morgan fingerprint density at radius 1 is 1.11 bits per heavy atom. The molecule has 2 aliphatic heterocycles. The summed E-state index contributed by atoms with van der Waals surface area (Å²) < 4.78 is 0. The molecule has 0 spiro atoms. The summed E-state index contributed by atoms with van der Waals surface area (Å²) in [7, 11) is 0. The van der Waals surface area contributed by atoms with Gasteiger partial charge in [0.25, 0.3) is 0 Å². The average molecular weight is 254 g/mol. The molecule has 0 saturated carbocycles. The highest BCUT2D eigenvalue weighted by Crippen LogP contribution is 2.29. The molecule has 0 bridgehead atoms. The van der Waals surface area contributed by atoms with Gasteiger partial charge in [-0.2, -0.15) is 0 Å². The Bertz CT molecular complexity index is 241. The molecule has 2 heterocycles. The van der Waals surface area contributed by atoms with Gasteiger partial charge in [0.15, 0.2) is 0 Å². The molecule has 3 heteroatoms. The van der Waals surface area contributed by atoms with Crippen LogP contribution in [0, 0.1) is 11.3 Å². The molecule has 0 amide bonds. The molecule has 18 heavy (non-hydrogen) atoms. The summed E-state index contributed by atoms with van der Waals surface area (Å²) in [6.07, 6.45) is 5.47. The van der Waals surface area contributed by atoms with Gasteiger partial charge in [-0.3, -0.25) is 4.79 Å². The Kier molecular flexibility index (Phi) is 6.87. The van der Waals surface area contributed by atoms with Crippen molar-refractivity contribution < 1.29 is 4.79 Å². The molecule has 0 aliphatic carbocycles. The highest BCUT2D eigenvalue weighted by Gasteiger charge is 2.32. The van der Waals surface area contributed by atoms with Crippen LogP contribution in [-0.2, 0) is 4.79 Å². The van der Waals surface area contributed by atoms with Crippen LogP contribution in [0.5, 0.6) is 0 Å². The molecule has 0 atom stereocenters. The molecule has 2 aliphatic rings. The van der Waals surface area contributed by atoms with Crippen molar-refractivity contribution in [1.82, 2.24) is 10.6 Å². The van der Waals surface area contributed by atoms with Crippen molar-refractivity contribution >= 4 is 5.78 Å². The van der Waals surface area contributed by atoms with E-state index in [1.54, 1.807) is 0 Å². The van der Waals surface area contributed by atoms with Crippen LogP contribution in [0.1, 0.15) is 52.9 Å². The second-order valence-electron chi connectivity index (χ2n) is 6.02. The smallest absolute Gasteiger partial charge is 0.138 e. The molecule has 3 nitrogen and oxygen atoms in total. The molecule has 0 unspecified atom stereocenters. The first-order chi connectivity index (χ1) is 8.58. The third-order valence-electron chi connectivity index (χ3n) is 4.33. The summed E-state index contributed by atoms with van der Waals surface area (Å²) in [5.41, 5.74) is -0.0139. The van der Waals surface area contributed by atoms with E-state index in [0.29, 0.717) is 12.2 Å². The van der Waals surface area contributed by atoms with Crippen LogP contribution in [-0.4, -0.2) is 32.0 Å². The first kappa shape index (κ1) is 15.6. The van der Waals surface area contributed by atoms with Gasteiger partial charge < -0.3 is 10.6 Å². The van der Waals surface area contributed by atoms with Gasteiger partial charge in [-0.05, 0) is 57.8 Å². The fourth-order valence-corrected chi connectivity index (χ4v) is 2.65. The summed E-state index contributed by atoms with van der Waals surface area (Å²) in [5, 5.41) is 6.58. The van der Waals surface area contributed by atoms with Crippen LogP contribution < -0.4 is 10.6 Å². The van der Waals surface area contributed by atoms with Gasteiger partial charge in [0.1, 0.15) is 5.78 Å². The first-order valence-corrected chi connectivity index (χ1v) is 7.53. The van der Waals surface area contributed by atoms with Crippen molar-refractivity contribution in [1.29, 1.82) is 0 Å². The number of piperidine rings is 2. The Labute approximate surface area is 112 Å². The highest BCUT2D eigenvalue weighted by atomic mass is 16.1. The van der Waals surface area contributed by atoms with Gasteiger partial charge in [-0.15, -0.1) is 0 Å². The predicted molar refractivity (Wildman–Crippen MR) is 76.8 cm³/mol. The monoisotopic (exact) mass is 254 g/mol. The van der Waals surface area contributed by atoms with E-state index in [9.17, 15) is 4.79 Å². The lowest BCUT2D eigenvalue weighted by molar-refractivity contribution is -0.128. The van der Waals surface area contributed by atoms with E-state index >= 15 is 0 Å². The summed E-state index contributed by atoms with van der Waals surface area (Å²) in [4.78, 5) is 11.5. The third-order valence-corrected chi connectivity index (χ3v) is 4.33. The molecule has 2 fully saturated rings. The number of ketones is 1. The largest absolute Gasteiger partial charge is 0.317 e. The molecular formula is C15H30N2O. The van der Waals surface area contributed by atoms with E-state index < -0.39 is 0 Å². The lowest BCUT2D eigenvalue weighted by Crippen LogP contribution is -2.39. The second kappa shape index (κ2) is 7.90. The number of carbonyl (C=O) groups excluding carboxylic acids is 1. The lowest BCUT2D eigenvalue weighted by atomic mass is 9.76. The minimum Gasteiger partial charge on any atom is -0.317 e. The summed E-state index contributed by atoms with van der Waals surface area (Å²) >= 11 is 0. The van der Waals surface area contributed by atoms with E-state index in [-0.39, 0.29) is 5.41 Å². The molecular weight excluding hydrogens is 224 g/mol. The van der Waals surface area contributed by atoms with Gasteiger partial charge in [-0.25, -0.2) is 0 Å². The van der Waals surface area contributed by atoms with E-state index in [0.717, 1.165) is 31.8 Å². The zero-order valence-electron chi connectivity index (χ0n) is 12.3. The van der Waals surface area contributed by atoms with Crippen molar-refractivity contribution in [2.45, 2.75) is 52.9 Å². The highest BCUT2D eigenvalue weighted by molar-refractivity contribution is 5.84. The van der Waals surface area contributed by atoms with Crippen molar-refractivity contribution in [3.63, 3.8) is 0 Å². The maximum Gasteiger partial charge on any atom is 0.138 e. The number of nitrogens with one attached hydrogen (secondary N) is 2. The van der Waals surface area contributed by atoms with Crippen LogP contribution in [0.4, 0.5) is 0 Å². The van der Waals surface area contributed by atoms with Crippen LogP contribution in [0.3, 0.4) is 0 Å². The van der Waals surface area contributed by atoms with Gasteiger partial charge in [-0.1, -0.05) is 20.8 Å². The first-order valence-electron chi connectivity index (χ1n) is 7.53. The molecule has 0 aromatic carbocycles. The summed E-state index contributed by atoms with van der Waals surface area (Å²) in [6, 6.07) is 0. The maximum atomic E-state index is 11.5. The van der Waals surface area contributed by atoms with Crippen LogP contribution in [0.15, 0.2) is 0 Å². The van der Waals surface area contributed by atoms with Crippen molar-refractivity contribution in [3.8, 4) is 0 Å². The number of Topliss-reactive ketones (excluding diaryl/α,β-unsaturated/α-hetero) is 1. The Balaban J connectivity index is 0.000000199. The van der Waals surface area contributed by atoms with E-state index in [4.69, 9.17) is 0 Å². The number of hydrogen-bond donors (Lipinski definition) is 2. The van der Waals surface area contributed by atoms with Crippen molar-refractivity contribution in [2.75, 3.05) is 26.2 Å². The van der Waals surface area contributed by atoms with Crippen molar-refractivity contribution in [2.24, 2.45) is 11.3 Å². The normalized spacial score (nSPS) is 23.9. The van der Waals surface area contributed by atoms with E-state index in [1.807, 2.05) is 6.92 Å². The average Bonchev–Trinajstić information content (AvgIpc) is 2.40. The van der Waals surface area contributed by atoms with Gasteiger partial charge >= 0.3 is 0 Å². The molecule has 0 aromatic heterocycles. The zero-order valence-corrected chi connectivity index (χ0v) is 12.3. The molecule has 106 valence electrons. The fraction of sp³-hybridized carbons (Fsp3) is 0.933. The fourth-order valence-electron chi connectivity index (χ4n) is 2.65. The number of hydrogen-bond acceptors (Lipinski definition) is 3.